The Labute approximate surface area is 127 Å². The van der Waals surface area contributed by atoms with E-state index in [1.165, 1.54) is 0 Å². The molecule has 6 heteroatoms. The van der Waals surface area contributed by atoms with Gasteiger partial charge in [0.15, 0.2) is 0 Å². The van der Waals surface area contributed by atoms with Gasteiger partial charge in [-0.05, 0) is 36.6 Å². The molecular formula is C13H12ClNOS3. The third-order valence-corrected chi connectivity index (χ3v) is 5.70. The highest BCUT2D eigenvalue weighted by Crippen LogP contribution is 2.30. The standard InChI is InChI=1S/C13H12ClNOS3/c1-18-13-8-7-10(14)9-12(13)15-19(16,17)11-5-3-2-4-6-11/h2-9,15H,1H3. The Kier molecular flexibility index (Phi) is 4.73. The summed E-state index contributed by atoms with van der Waals surface area (Å²) in [5.41, 5.74) is 0.698. The quantitative estimate of drug-likeness (QED) is 0.853. The van der Waals surface area contributed by atoms with Crippen LogP contribution in [0.4, 0.5) is 5.69 Å². The number of rotatable bonds is 4. The third-order valence-electron chi connectivity index (χ3n) is 2.46. The first-order valence-corrected chi connectivity index (χ1v) is 9.53. The predicted molar refractivity (Wildman–Crippen MR) is 87.1 cm³/mol. The largest absolute Gasteiger partial charge is 0.299 e. The maximum absolute atomic E-state index is 12.6. The van der Waals surface area contributed by atoms with Crippen LogP contribution in [0.25, 0.3) is 0 Å². The van der Waals surface area contributed by atoms with Crippen LogP contribution in [0.15, 0.2) is 58.3 Å². The van der Waals surface area contributed by atoms with Gasteiger partial charge in [-0.1, -0.05) is 29.8 Å². The fraction of sp³-hybridized carbons (Fsp3) is 0.0769. The monoisotopic (exact) mass is 329 g/mol. The van der Waals surface area contributed by atoms with Crippen LogP contribution in [0, 0.1) is 0 Å². The van der Waals surface area contributed by atoms with Crippen LogP contribution in [0.2, 0.25) is 5.02 Å². The average Bonchev–Trinajstić information content (AvgIpc) is 2.39. The molecule has 0 bridgehead atoms. The zero-order valence-corrected chi connectivity index (χ0v) is 13.3. The van der Waals surface area contributed by atoms with Gasteiger partial charge in [0.25, 0.3) is 0 Å². The maximum atomic E-state index is 12.6. The number of anilines is 1. The van der Waals surface area contributed by atoms with Gasteiger partial charge in [-0.15, -0.1) is 11.8 Å². The van der Waals surface area contributed by atoms with E-state index < -0.39 is 8.68 Å². The molecule has 0 radical (unpaired) electrons. The van der Waals surface area contributed by atoms with Crippen LogP contribution in [0.5, 0.6) is 0 Å². The highest BCUT2D eigenvalue weighted by Gasteiger charge is 2.12. The molecule has 2 rings (SSSR count). The molecule has 1 unspecified atom stereocenters. The third kappa shape index (κ3) is 3.63. The maximum Gasteiger partial charge on any atom is 0.140 e. The van der Waals surface area contributed by atoms with E-state index in [9.17, 15) is 4.21 Å². The lowest BCUT2D eigenvalue weighted by atomic mass is 10.3. The van der Waals surface area contributed by atoms with Crippen molar-refractivity contribution in [1.82, 2.24) is 0 Å². The van der Waals surface area contributed by atoms with E-state index in [2.05, 4.69) is 4.72 Å². The highest BCUT2D eigenvalue weighted by atomic mass is 35.5. The molecule has 0 saturated heterocycles. The molecule has 0 aliphatic heterocycles. The Morgan fingerprint density at radius 1 is 1.21 bits per heavy atom. The lowest BCUT2D eigenvalue weighted by molar-refractivity contribution is 0.685. The van der Waals surface area contributed by atoms with Gasteiger partial charge in [0.1, 0.15) is 8.68 Å². The van der Waals surface area contributed by atoms with Gasteiger partial charge in [0, 0.05) is 21.1 Å². The van der Waals surface area contributed by atoms with Crippen LogP contribution >= 0.6 is 23.4 Å². The Morgan fingerprint density at radius 2 is 1.89 bits per heavy atom. The number of hydrogen-bond donors (Lipinski definition) is 1. The molecule has 0 fully saturated rings. The highest BCUT2D eigenvalue weighted by molar-refractivity contribution is 8.33. The summed E-state index contributed by atoms with van der Waals surface area (Å²) in [6.07, 6.45) is 1.95. The van der Waals surface area contributed by atoms with E-state index in [0.717, 1.165) is 4.90 Å². The lowest BCUT2D eigenvalue weighted by Gasteiger charge is -2.14. The summed E-state index contributed by atoms with van der Waals surface area (Å²) in [6, 6.07) is 14.4. The van der Waals surface area contributed by atoms with Crippen molar-refractivity contribution in [1.29, 1.82) is 0 Å². The van der Waals surface area contributed by atoms with Crippen LogP contribution in [0.1, 0.15) is 0 Å². The van der Waals surface area contributed by atoms with E-state index in [0.29, 0.717) is 15.6 Å². The fourth-order valence-electron chi connectivity index (χ4n) is 1.56. The van der Waals surface area contributed by atoms with Crippen LogP contribution < -0.4 is 4.72 Å². The van der Waals surface area contributed by atoms with Crippen molar-refractivity contribution < 1.29 is 4.21 Å². The van der Waals surface area contributed by atoms with Crippen molar-refractivity contribution >= 4 is 48.9 Å². The number of thioether (sulfide) groups is 1. The van der Waals surface area contributed by atoms with E-state index in [4.69, 9.17) is 22.8 Å². The zero-order valence-electron chi connectivity index (χ0n) is 10.1. The summed E-state index contributed by atoms with van der Waals surface area (Å²) in [4.78, 5) is 1.55. The second-order valence-electron chi connectivity index (χ2n) is 3.76. The number of halogens is 1. The minimum Gasteiger partial charge on any atom is -0.299 e. The van der Waals surface area contributed by atoms with E-state index in [1.807, 2.05) is 30.5 Å². The van der Waals surface area contributed by atoms with Crippen LogP contribution in [0.3, 0.4) is 0 Å². The molecule has 19 heavy (non-hydrogen) atoms. The van der Waals surface area contributed by atoms with Gasteiger partial charge < -0.3 is 0 Å². The van der Waals surface area contributed by atoms with Crippen molar-refractivity contribution in [3.05, 3.63) is 53.6 Å². The molecule has 1 atom stereocenters. The smallest absolute Gasteiger partial charge is 0.140 e. The zero-order chi connectivity index (χ0) is 13.9. The van der Waals surface area contributed by atoms with Crippen LogP contribution in [-0.4, -0.2) is 10.5 Å². The summed E-state index contributed by atoms with van der Waals surface area (Å²) < 4.78 is 15.5. The Balaban J connectivity index is 2.38. The van der Waals surface area contributed by atoms with Crippen molar-refractivity contribution in [2.75, 3.05) is 11.0 Å². The molecule has 0 saturated carbocycles. The summed E-state index contributed by atoms with van der Waals surface area (Å²) in [5.74, 6) is 0. The molecule has 2 aromatic carbocycles. The van der Waals surface area contributed by atoms with E-state index in [-0.39, 0.29) is 0 Å². The molecule has 0 aromatic heterocycles. The predicted octanol–water partition coefficient (Wildman–Crippen LogP) is 4.19. The summed E-state index contributed by atoms with van der Waals surface area (Å²) in [7, 11) is -2.75. The molecule has 0 aliphatic carbocycles. The van der Waals surface area contributed by atoms with Gasteiger partial charge in [0.05, 0.1) is 10.6 Å². The van der Waals surface area contributed by atoms with Gasteiger partial charge in [-0.25, -0.2) is 4.21 Å². The minimum atomic E-state index is -2.75. The minimum absolute atomic E-state index is 0.582. The first-order chi connectivity index (χ1) is 9.03. The summed E-state index contributed by atoms with van der Waals surface area (Å²) in [6.45, 7) is 0. The van der Waals surface area contributed by atoms with Gasteiger partial charge >= 0.3 is 0 Å². The van der Waals surface area contributed by atoms with Crippen molar-refractivity contribution in [2.24, 2.45) is 0 Å². The van der Waals surface area contributed by atoms with Crippen molar-refractivity contribution in [2.45, 2.75) is 9.79 Å². The average molecular weight is 330 g/mol. The van der Waals surface area contributed by atoms with Crippen LogP contribution in [-0.2, 0) is 19.9 Å². The second-order valence-corrected chi connectivity index (χ2v) is 8.14. The molecule has 0 heterocycles. The fourth-order valence-corrected chi connectivity index (χ4v) is 4.03. The van der Waals surface area contributed by atoms with Gasteiger partial charge in [-0.2, -0.15) is 0 Å². The van der Waals surface area contributed by atoms with E-state index in [1.54, 1.807) is 36.0 Å². The number of hydrogen-bond acceptors (Lipinski definition) is 3. The second kappa shape index (κ2) is 6.13. The molecule has 0 spiro atoms. The Hall–Kier alpha value is -0.750. The first-order valence-electron chi connectivity index (χ1n) is 5.44. The molecule has 100 valence electrons. The Morgan fingerprint density at radius 3 is 2.53 bits per heavy atom. The molecule has 2 nitrogen and oxygen atoms in total. The molecule has 2 aromatic rings. The lowest BCUT2D eigenvalue weighted by Crippen LogP contribution is -2.12. The molecule has 0 amide bonds. The number of nitrogens with one attached hydrogen (secondary N) is 1. The van der Waals surface area contributed by atoms with Crippen molar-refractivity contribution in [3.8, 4) is 0 Å². The summed E-state index contributed by atoms with van der Waals surface area (Å²) in [5, 5.41) is 0.582. The number of benzene rings is 2. The van der Waals surface area contributed by atoms with Gasteiger partial charge in [0.2, 0.25) is 0 Å². The molecule has 0 aliphatic rings. The molecule has 1 N–H and O–H groups in total. The van der Waals surface area contributed by atoms with E-state index >= 15 is 0 Å². The summed E-state index contributed by atoms with van der Waals surface area (Å²) >= 11 is 12.7. The normalized spacial score (nSPS) is 13.8. The first kappa shape index (κ1) is 14.7. The Bertz CT molecular complexity index is 672. The SMILES string of the molecule is CSc1ccc(Cl)cc1NS(=O)(=S)c1ccccc1. The van der Waals surface area contributed by atoms with Gasteiger partial charge in [-0.3, -0.25) is 4.72 Å². The topological polar surface area (TPSA) is 29.1 Å². The van der Waals surface area contributed by atoms with Crippen molar-refractivity contribution in [3.63, 3.8) is 0 Å². The molecular weight excluding hydrogens is 318 g/mol.